The molecule has 0 aliphatic heterocycles. The van der Waals surface area contributed by atoms with Gasteiger partial charge in [0.25, 0.3) is 0 Å². The van der Waals surface area contributed by atoms with Crippen LogP contribution in [-0.4, -0.2) is 33.4 Å². The van der Waals surface area contributed by atoms with Crippen molar-refractivity contribution in [2.24, 2.45) is 7.05 Å². The lowest BCUT2D eigenvalue weighted by molar-refractivity contribution is 0.468. The second-order valence-corrected chi connectivity index (χ2v) is 3.52. The predicted octanol–water partition coefficient (Wildman–Crippen LogP) is 0.746. The number of rotatable bonds is 3. The van der Waals surface area contributed by atoms with Crippen LogP contribution in [0, 0.1) is 0 Å². The Morgan fingerprint density at radius 3 is 2.93 bits per heavy atom. The minimum Gasteiger partial charge on any atom is -0.363 e. The van der Waals surface area contributed by atoms with Crippen LogP contribution in [-0.2, 0) is 13.6 Å². The van der Waals surface area contributed by atoms with Gasteiger partial charge in [0.2, 0.25) is 0 Å². The molecule has 1 N–H and O–H groups in total. The van der Waals surface area contributed by atoms with Crippen molar-refractivity contribution in [1.29, 1.82) is 0 Å². The second-order valence-electron chi connectivity index (χ2n) is 3.14. The molecule has 1 aromatic rings. The van der Waals surface area contributed by atoms with E-state index in [2.05, 4.69) is 10.4 Å². The Kier molecular flexibility index (Phi) is 3.88. The largest absolute Gasteiger partial charge is 0.363 e. The molecule has 0 amide bonds. The predicted molar refractivity (Wildman–Crippen MR) is 60.9 cm³/mol. The van der Waals surface area contributed by atoms with E-state index in [0.717, 1.165) is 23.9 Å². The standard InChI is InChI=1S/C9H16N4S/c1-4-10-9(14)12(2)7-8-5-6-11-13(8)3/h5-6H,4,7H2,1-3H3,(H,10,14). The zero-order valence-corrected chi connectivity index (χ0v) is 9.64. The van der Waals surface area contributed by atoms with Crippen LogP contribution in [0.2, 0.25) is 0 Å². The molecule has 78 valence electrons. The monoisotopic (exact) mass is 212 g/mol. The maximum atomic E-state index is 5.18. The van der Waals surface area contributed by atoms with Crippen molar-refractivity contribution in [3.63, 3.8) is 0 Å². The highest BCUT2D eigenvalue weighted by molar-refractivity contribution is 7.80. The van der Waals surface area contributed by atoms with Crippen molar-refractivity contribution in [1.82, 2.24) is 20.0 Å². The zero-order chi connectivity index (χ0) is 10.6. The van der Waals surface area contributed by atoms with Crippen LogP contribution in [0.4, 0.5) is 0 Å². The van der Waals surface area contributed by atoms with E-state index in [0.29, 0.717) is 0 Å². The van der Waals surface area contributed by atoms with Crippen LogP contribution in [0.15, 0.2) is 12.3 Å². The van der Waals surface area contributed by atoms with Gasteiger partial charge in [0, 0.05) is 26.8 Å². The fraction of sp³-hybridized carbons (Fsp3) is 0.556. The smallest absolute Gasteiger partial charge is 0.169 e. The minimum absolute atomic E-state index is 0.772. The van der Waals surface area contributed by atoms with Crippen molar-refractivity contribution in [3.05, 3.63) is 18.0 Å². The molecule has 0 atom stereocenters. The molecule has 0 aliphatic rings. The van der Waals surface area contributed by atoms with Gasteiger partial charge >= 0.3 is 0 Å². The molecule has 5 heteroatoms. The van der Waals surface area contributed by atoms with Crippen molar-refractivity contribution in [2.45, 2.75) is 13.5 Å². The molecule has 0 saturated heterocycles. The van der Waals surface area contributed by atoms with Gasteiger partial charge in [-0.15, -0.1) is 0 Å². The Balaban J connectivity index is 2.52. The molecule has 0 aliphatic carbocycles. The molecule has 0 bridgehead atoms. The third-order valence-electron chi connectivity index (χ3n) is 2.00. The Hall–Kier alpha value is -1.10. The van der Waals surface area contributed by atoms with Crippen LogP contribution in [0.5, 0.6) is 0 Å². The summed E-state index contributed by atoms with van der Waals surface area (Å²) in [6.45, 7) is 3.67. The number of aryl methyl sites for hydroxylation is 1. The van der Waals surface area contributed by atoms with E-state index in [1.54, 1.807) is 6.20 Å². The summed E-state index contributed by atoms with van der Waals surface area (Å²) in [4.78, 5) is 2.00. The van der Waals surface area contributed by atoms with Gasteiger partial charge in [0.05, 0.1) is 12.2 Å². The highest BCUT2D eigenvalue weighted by Crippen LogP contribution is 2.00. The molecule has 0 spiro atoms. The molecule has 1 heterocycles. The molecular weight excluding hydrogens is 196 g/mol. The van der Waals surface area contributed by atoms with Gasteiger partial charge in [-0.05, 0) is 25.2 Å². The third-order valence-corrected chi connectivity index (χ3v) is 2.45. The zero-order valence-electron chi connectivity index (χ0n) is 8.82. The second kappa shape index (κ2) is 4.95. The van der Waals surface area contributed by atoms with E-state index in [-0.39, 0.29) is 0 Å². The van der Waals surface area contributed by atoms with Crippen molar-refractivity contribution >= 4 is 17.3 Å². The number of hydrogen-bond acceptors (Lipinski definition) is 2. The van der Waals surface area contributed by atoms with Gasteiger partial charge in [-0.2, -0.15) is 5.10 Å². The summed E-state index contributed by atoms with van der Waals surface area (Å²) in [5, 5.41) is 7.98. The van der Waals surface area contributed by atoms with Gasteiger partial charge in [-0.1, -0.05) is 0 Å². The Morgan fingerprint density at radius 1 is 1.71 bits per heavy atom. The molecule has 1 aromatic heterocycles. The fourth-order valence-electron chi connectivity index (χ4n) is 1.16. The van der Waals surface area contributed by atoms with Gasteiger partial charge in [0.15, 0.2) is 5.11 Å². The lowest BCUT2D eigenvalue weighted by Crippen LogP contribution is -2.36. The maximum absolute atomic E-state index is 5.18. The van der Waals surface area contributed by atoms with Crippen LogP contribution in [0.1, 0.15) is 12.6 Å². The van der Waals surface area contributed by atoms with Crippen molar-refractivity contribution in [2.75, 3.05) is 13.6 Å². The summed E-state index contributed by atoms with van der Waals surface area (Å²) in [6.07, 6.45) is 1.79. The van der Waals surface area contributed by atoms with Gasteiger partial charge < -0.3 is 10.2 Å². The summed E-state index contributed by atoms with van der Waals surface area (Å²) >= 11 is 5.18. The van der Waals surface area contributed by atoms with Crippen LogP contribution in [0.3, 0.4) is 0 Å². The van der Waals surface area contributed by atoms with Crippen molar-refractivity contribution < 1.29 is 0 Å². The highest BCUT2D eigenvalue weighted by Gasteiger charge is 2.05. The van der Waals surface area contributed by atoms with Gasteiger partial charge in [0.1, 0.15) is 0 Å². The molecular formula is C9H16N4S. The summed E-state index contributed by atoms with van der Waals surface area (Å²) in [7, 11) is 3.90. The SMILES string of the molecule is CCNC(=S)N(C)Cc1ccnn1C. The van der Waals surface area contributed by atoms with E-state index >= 15 is 0 Å². The van der Waals surface area contributed by atoms with E-state index in [1.807, 2.05) is 36.7 Å². The molecule has 4 nitrogen and oxygen atoms in total. The maximum Gasteiger partial charge on any atom is 0.169 e. The average Bonchev–Trinajstić information content (AvgIpc) is 2.52. The molecule has 1 rings (SSSR count). The summed E-state index contributed by atoms with van der Waals surface area (Å²) < 4.78 is 1.85. The average molecular weight is 212 g/mol. The molecule has 0 radical (unpaired) electrons. The summed E-state index contributed by atoms with van der Waals surface area (Å²) in [5.74, 6) is 0. The summed E-state index contributed by atoms with van der Waals surface area (Å²) in [6, 6.07) is 1.99. The van der Waals surface area contributed by atoms with E-state index < -0.39 is 0 Å². The lowest BCUT2D eigenvalue weighted by Gasteiger charge is -2.20. The summed E-state index contributed by atoms with van der Waals surface area (Å²) in [5.41, 5.74) is 1.15. The minimum atomic E-state index is 0.772. The number of aromatic nitrogens is 2. The van der Waals surface area contributed by atoms with Crippen LogP contribution >= 0.6 is 12.2 Å². The molecule has 0 unspecified atom stereocenters. The normalized spacial score (nSPS) is 9.93. The Morgan fingerprint density at radius 2 is 2.43 bits per heavy atom. The molecule has 0 saturated carbocycles. The first-order valence-electron chi connectivity index (χ1n) is 4.61. The van der Waals surface area contributed by atoms with Crippen LogP contribution < -0.4 is 5.32 Å². The van der Waals surface area contributed by atoms with E-state index in [4.69, 9.17) is 12.2 Å². The van der Waals surface area contributed by atoms with E-state index in [9.17, 15) is 0 Å². The lowest BCUT2D eigenvalue weighted by atomic mass is 10.4. The number of nitrogens with one attached hydrogen (secondary N) is 1. The number of thiocarbonyl (C=S) groups is 1. The fourth-order valence-corrected chi connectivity index (χ4v) is 1.37. The first-order valence-corrected chi connectivity index (χ1v) is 5.01. The van der Waals surface area contributed by atoms with Crippen molar-refractivity contribution in [3.8, 4) is 0 Å². The molecule has 0 aromatic carbocycles. The Labute approximate surface area is 89.9 Å². The van der Waals surface area contributed by atoms with Gasteiger partial charge in [-0.3, -0.25) is 4.68 Å². The number of nitrogens with zero attached hydrogens (tertiary/aromatic N) is 3. The van der Waals surface area contributed by atoms with Gasteiger partial charge in [-0.25, -0.2) is 0 Å². The Bertz CT molecular complexity index is 308. The highest BCUT2D eigenvalue weighted by atomic mass is 32.1. The first kappa shape index (κ1) is 11.0. The quantitative estimate of drug-likeness (QED) is 0.749. The molecule has 0 fully saturated rings. The first-order chi connectivity index (χ1) is 6.65. The third kappa shape index (κ3) is 2.70. The van der Waals surface area contributed by atoms with Crippen LogP contribution in [0.25, 0.3) is 0 Å². The van der Waals surface area contributed by atoms with E-state index in [1.165, 1.54) is 0 Å². The number of hydrogen-bond donors (Lipinski definition) is 1. The molecule has 14 heavy (non-hydrogen) atoms. The topological polar surface area (TPSA) is 33.1 Å².